The maximum atomic E-state index is 9.86. The summed E-state index contributed by atoms with van der Waals surface area (Å²) in [4.78, 5) is 2.29. The molecule has 0 aromatic heterocycles. The minimum absolute atomic E-state index is 0.124. The van der Waals surface area contributed by atoms with Crippen LogP contribution in [0.3, 0.4) is 0 Å². The topological polar surface area (TPSA) is 43.7 Å². The Bertz CT molecular complexity index is 164. The van der Waals surface area contributed by atoms with Crippen LogP contribution in [0.5, 0.6) is 0 Å². The van der Waals surface area contributed by atoms with Gasteiger partial charge >= 0.3 is 0 Å². The number of hydrogen-bond donors (Lipinski definition) is 2. The third-order valence-corrected chi connectivity index (χ3v) is 3.43. The van der Waals surface area contributed by atoms with Crippen LogP contribution in [0.25, 0.3) is 0 Å². The molecule has 0 aromatic rings. The van der Waals surface area contributed by atoms with Crippen molar-refractivity contribution in [3.8, 4) is 0 Å². The van der Waals surface area contributed by atoms with E-state index in [0.717, 1.165) is 38.6 Å². The first-order valence-corrected chi connectivity index (χ1v) is 6.25. The van der Waals surface area contributed by atoms with Gasteiger partial charge in [0.1, 0.15) is 0 Å². The Labute approximate surface area is 93.1 Å². The van der Waals surface area contributed by atoms with E-state index in [-0.39, 0.29) is 6.10 Å². The minimum atomic E-state index is -0.124. The van der Waals surface area contributed by atoms with E-state index in [4.69, 9.17) is 5.11 Å². The monoisotopic (exact) mass is 215 g/mol. The van der Waals surface area contributed by atoms with Gasteiger partial charge in [-0.05, 0) is 45.7 Å². The average molecular weight is 215 g/mol. The van der Waals surface area contributed by atoms with Gasteiger partial charge < -0.3 is 15.1 Å². The molecule has 1 aliphatic carbocycles. The Morgan fingerprint density at radius 1 is 1.13 bits per heavy atom. The molecule has 0 aromatic carbocycles. The second-order valence-corrected chi connectivity index (χ2v) is 4.68. The second-order valence-electron chi connectivity index (χ2n) is 4.68. The van der Waals surface area contributed by atoms with Crippen LogP contribution in [0.2, 0.25) is 0 Å². The Morgan fingerprint density at radius 2 is 1.87 bits per heavy atom. The first kappa shape index (κ1) is 12.9. The van der Waals surface area contributed by atoms with Gasteiger partial charge in [-0.15, -0.1) is 0 Å². The van der Waals surface area contributed by atoms with Gasteiger partial charge in [-0.2, -0.15) is 0 Å². The normalized spacial score (nSPS) is 27.2. The van der Waals surface area contributed by atoms with Crippen LogP contribution in [0.1, 0.15) is 44.9 Å². The molecule has 0 spiro atoms. The summed E-state index contributed by atoms with van der Waals surface area (Å²) >= 11 is 0. The van der Waals surface area contributed by atoms with Crippen molar-refractivity contribution in [1.29, 1.82) is 0 Å². The zero-order valence-corrected chi connectivity index (χ0v) is 9.86. The summed E-state index contributed by atoms with van der Waals surface area (Å²) in [5.74, 6) is 0. The van der Waals surface area contributed by atoms with Gasteiger partial charge in [0.25, 0.3) is 0 Å². The van der Waals surface area contributed by atoms with Crippen molar-refractivity contribution in [3.63, 3.8) is 0 Å². The lowest BCUT2D eigenvalue weighted by Gasteiger charge is -2.35. The highest BCUT2D eigenvalue weighted by atomic mass is 16.3. The van der Waals surface area contributed by atoms with Crippen molar-refractivity contribution in [2.45, 2.75) is 57.1 Å². The molecule has 0 aliphatic heterocycles. The van der Waals surface area contributed by atoms with Gasteiger partial charge in [-0.1, -0.05) is 12.8 Å². The molecule has 0 bridgehead atoms. The van der Waals surface area contributed by atoms with Crippen molar-refractivity contribution in [1.82, 2.24) is 4.90 Å². The zero-order valence-electron chi connectivity index (χ0n) is 9.86. The van der Waals surface area contributed by atoms with Crippen LogP contribution in [0.4, 0.5) is 0 Å². The molecule has 1 fully saturated rings. The van der Waals surface area contributed by atoms with E-state index in [0.29, 0.717) is 12.6 Å². The highest BCUT2D eigenvalue weighted by Gasteiger charge is 2.25. The SMILES string of the molecule is CN(CCCCCO)[C@H]1CCCC[C@@H]1O. The van der Waals surface area contributed by atoms with Crippen molar-refractivity contribution in [2.24, 2.45) is 0 Å². The fourth-order valence-corrected chi connectivity index (χ4v) is 2.42. The standard InChI is InChI=1S/C12H25NO2/c1-13(9-5-2-6-10-14)11-7-3-4-8-12(11)15/h11-12,14-15H,2-10H2,1H3/t11-,12-/m0/s1. The van der Waals surface area contributed by atoms with Crippen molar-refractivity contribution < 1.29 is 10.2 Å². The van der Waals surface area contributed by atoms with Crippen molar-refractivity contribution >= 4 is 0 Å². The largest absolute Gasteiger partial charge is 0.396 e. The molecule has 1 aliphatic rings. The zero-order chi connectivity index (χ0) is 11.1. The fraction of sp³-hybridized carbons (Fsp3) is 1.00. The number of unbranched alkanes of at least 4 members (excludes halogenated alkanes) is 2. The molecular weight excluding hydrogens is 190 g/mol. The van der Waals surface area contributed by atoms with E-state index in [1.54, 1.807) is 0 Å². The molecule has 2 N–H and O–H groups in total. The molecule has 1 rings (SSSR count). The number of rotatable bonds is 6. The molecule has 15 heavy (non-hydrogen) atoms. The minimum Gasteiger partial charge on any atom is -0.396 e. The van der Waals surface area contributed by atoms with Gasteiger partial charge in [0.15, 0.2) is 0 Å². The van der Waals surface area contributed by atoms with Crippen LogP contribution in [-0.4, -0.2) is 47.5 Å². The molecule has 3 heteroatoms. The molecule has 1 saturated carbocycles. The predicted molar refractivity (Wildman–Crippen MR) is 61.8 cm³/mol. The lowest BCUT2D eigenvalue weighted by atomic mass is 9.91. The van der Waals surface area contributed by atoms with Gasteiger partial charge in [0.05, 0.1) is 6.10 Å². The molecule has 0 heterocycles. The second kappa shape index (κ2) is 7.20. The molecule has 3 nitrogen and oxygen atoms in total. The summed E-state index contributed by atoms with van der Waals surface area (Å²) < 4.78 is 0. The summed E-state index contributed by atoms with van der Waals surface area (Å²) in [5.41, 5.74) is 0. The quantitative estimate of drug-likeness (QED) is 0.658. The third kappa shape index (κ3) is 4.49. The number of likely N-dealkylation sites (N-methyl/N-ethyl adjacent to an activating group) is 1. The Hall–Kier alpha value is -0.120. The van der Waals surface area contributed by atoms with Crippen LogP contribution >= 0.6 is 0 Å². The van der Waals surface area contributed by atoms with Gasteiger partial charge in [0, 0.05) is 12.6 Å². The first-order valence-electron chi connectivity index (χ1n) is 6.25. The van der Waals surface area contributed by atoms with Gasteiger partial charge in [-0.25, -0.2) is 0 Å². The summed E-state index contributed by atoms with van der Waals surface area (Å²) in [6.07, 6.45) is 7.52. The Balaban J connectivity index is 2.16. The van der Waals surface area contributed by atoms with E-state index >= 15 is 0 Å². The van der Waals surface area contributed by atoms with E-state index in [1.165, 1.54) is 12.8 Å². The molecule has 0 saturated heterocycles. The molecule has 0 amide bonds. The van der Waals surface area contributed by atoms with E-state index in [9.17, 15) is 5.11 Å². The summed E-state index contributed by atoms with van der Waals surface area (Å²) in [5, 5.41) is 18.5. The Morgan fingerprint density at radius 3 is 2.53 bits per heavy atom. The molecule has 2 atom stereocenters. The van der Waals surface area contributed by atoms with Crippen LogP contribution < -0.4 is 0 Å². The predicted octanol–water partition coefficient (Wildman–Crippen LogP) is 1.38. The summed E-state index contributed by atoms with van der Waals surface area (Å²) in [7, 11) is 2.11. The maximum absolute atomic E-state index is 9.86. The summed E-state index contributed by atoms with van der Waals surface area (Å²) in [6.45, 7) is 1.34. The van der Waals surface area contributed by atoms with E-state index in [2.05, 4.69) is 11.9 Å². The molecular formula is C12H25NO2. The highest BCUT2D eigenvalue weighted by molar-refractivity contribution is 4.81. The molecule has 0 unspecified atom stereocenters. The fourth-order valence-electron chi connectivity index (χ4n) is 2.42. The average Bonchev–Trinajstić information content (AvgIpc) is 2.25. The van der Waals surface area contributed by atoms with E-state index in [1.807, 2.05) is 0 Å². The van der Waals surface area contributed by atoms with Gasteiger partial charge in [0.2, 0.25) is 0 Å². The summed E-state index contributed by atoms with van der Waals surface area (Å²) in [6, 6.07) is 0.368. The number of aliphatic hydroxyl groups is 2. The lowest BCUT2D eigenvalue weighted by molar-refractivity contribution is 0.0314. The third-order valence-electron chi connectivity index (χ3n) is 3.43. The molecule has 90 valence electrons. The first-order chi connectivity index (χ1) is 7.25. The van der Waals surface area contributed by atoms with E-state index < -0.39 is 0 Å². The smallest absolute Gasteiger partial charge is 0.0695 e. The van der Waals surface area contributed by atoms with Crippen LogP contribution in [0.15, 0.2) is 0 Å². The van der Waals surface area contributed by atoms with Crippen LogP contribution in [-0.2, 0) is 0 Å². The Kier molecular flexibility index (Phi) is 6.22. The number of nitrogens with zero attached hydrogens (tertiary/aromatic N) is 1. The van der Waals surface area contributed by atoms with Crippen molar-refractivity contribution in [3.05, 3.63) is 0 Å². The molecule has 0 radical (unpaired) electrons. The highest BCUT2D eigenvalue weighted by Crippen LogP contribution is 2.22. The van der Waals surface area contributed by atoms with Crippen LogP contribution in [0, 0.1) is 0 Å². The lowest BCUT2D eigenvalue weighted by Crippen LogP contribution is -2.43. The maximum Gasteiger partial charge on any atom is 0.0695 e. The number of aliphatic hydroxyl groups excluding tert-OH is 2. The number of hydrogen-bond acceptors (Lipinski definition) is 3. The van der Waals surface area contributed by atoms with Crippen molar-refractivity contribution in [2.75, 3.05) is 20.2 Å². The van der Waals surface area contributed by atoms with Gasteiger partial charge in [-0.3, -0.25) is 0 Å².